The van der Waals surface area contributed by atoms with Crippen molar-refractivity contribution in [3.05, 3.63) is 0 Å². The SMILES string of the molecule is CCCC(=O)NCCOCCOCCNCC.[HH].[HH]. The van der Waals surface area contributed by atoms with Crippen LogP contribution in [0.1, 0.15) is 29.5 Å². The molecule has 0 saturated heterocycles. The van der Waals surface area contributed by atoms with E-state index in [1.807, 2.05) is 6.92 Å². The fraction of sp³-hybridized carbons (Fsp3) is 0.917. The highest BCUT2D eigenvalue weighted by atomic mass is 16.5. The van der Waals surface area contributed by atoms with Crippen LogP contribution in [0.4, 0.5) is 0 Å². The van der Waals surface area contributed by atoms with E-state index in [2.05, 4.69) is 17.6 Å². The van der Waals surface area contributed by atoms with Gasteiger partial charge in [-0.2, -0.15) is 0 Å². The van der Waals surface area contributed by atoms with Crippen LogP contribution in [0.2, 0.25) is 0 Å². The molecule has 2 N–H and O–H groups in total. The van der Waals surface area contributed by atoms with Crippen LogP contribution in [-0.4, -0.2) is 52.0 Å². The van der Waals surface area contributed by atoms with Gasteiger partial charge in [-0.25, -0.2) is 0 Å². The molecule has 0 fully saturated rings. The first-order chi connectivity index (χ1) is 8.31. The highest BCUT2D eigenvalue weighted by Gasteiger charge is 1.97. The molecule has 5 nitrogen and oxygen atoms in total. The summed E-state index contributed by atoms with van der Waals surface area (Å²) < 4.78 is 10.6. The lowest BCUT2D eigenvalue weighted by atomic mass is 10.3. The van der Waals surface area contributed by atoms with E-state index >= 15 is 0 Å². The van der Waals surface area contributed by atoms with Gasteiger partial charge in [0, 0.05) is 22.4 Å². The smallest absolute Gasteiger partial charge is 0.220 e. The van der Waals surface area contributed by atoms with Crippen LogP contribution in [0.15, 0.2) is 0 Å². The van der Waals surface area contributed by atoms with E-state index < -0.39 is 0 Å². The normalized spacial score (nSPS) is 10.5. The fourth-order valence-corrected chi connectivity index (χ4v) is 1.22. The Morgan fingerprint density at radius 1 is 1.06 bits per heavy atom. The van der Waals surface area contributed by atoms with E-state index in [4.69, 9.17) is 9.47 Å². The Hall–Kier alpha value is -0.650. The van der Waals surface area contributed by atoms with Gasteiger partial charge in [-0.15, -0.1) is 0 Å². The molecular formula is C12H30N2O3. The minimum atomic E-state index is 0. The van der Waals surface area contributed by atoms with Gasteiger partial charge in [-0.3, -0.25) is 4.79 Å². The van der Waals surface area contributed by atoms with Crippen LogP contribution in [-0.2, 0) is 14.3 Å². The molecule has 0 heterocycles. The lowest BCUT2D eigenvalue weighted by molar-refractivity contribution is -0.121. The molecule has 0 aromatic rings. The second-order valence-corrected chi connectivity index (χ2v) is 3.68. The maximum absolute atomic E-state index is 11.1. The number of amides is 1. The average Bonchev–Trinajstić information content (AvgIpc) is 2.32. The lowest BCUT2D eigenvalue weighted by Crippen LogP contribution is -2.27. The summed E-state index contributed by atoms with van der Waals surface area (Å²) in [4.78, 5) is 11.1. The van der Waals surface area contributed by atoms with Crippen LogP contribution in [0.5, 0.6) is 0 Å². The number of likely N-dealkylation sites (N-methyl/N-ethyl adjacent to an activating group) is 1. The first kappa shape index (κ1) is 16.4. The highest BCUT2D eigenvalue weighted by Crippen LogP contribution is 1.85. The minimum absolute atomic E-state index is 0. The molecular weight excluding hydrogens is 220 g/mol. The standard InChI is InChI=1S/C12H26N2O3.2H2/c1-3-5-12(15)14-7-9-17-11-10-16-8-6-13-4-2;;/h13H,3-11H2,1-2H3,(H,14,15);2*1H. The summed E-state index contributed by atoms with van der Waals surface area (Å²) in [5, 5.41) is 5.96. The Balaban J connectivity index is -0.00000128. The fourth-order valence-electron chi connectivity index (χ4n) is 1.22. The van der Waals surface area contributed by atoms with Crippen molar-refractivity contribution in [2.75, 3.05) is 46.1 Å². The molecule has 106 valence electrons. The molecule has 17 heavy (non-hydrogen) atoms. The Morgan fingerprint density at radius 2 is 1.71 bits per heavy atom. The molecule has 0 unspecified atom stereocenters. The molecule has 0 saturated carbocycles. The number of rotatable bonds is 12. The van der Waals surface area contributed by atoms with Crippen molar-refractivity contribution < 1.29 is 17.1 Å². The molecule has 0 rings (SSSR count). The molecule has 0 aromatic carbocycles. The zero-order chi connectivity index (χ0) is 12.8. The number of hydrogen-bond acceptors (Lipinski definition) is 4. The third-order valence-corrected chi connectivity index (χ3v) is 2.09. The van der Waals surface area contributed by atoms with Gasteiger partial charge in [0.15, 0.2) is 0 Å². The van der Waals surface area contributed by atoms with Crippen LogP contribution in [0, 0.1) is 0 Å². The molecule has 0 bridgehead atoms. The molecule has 1 amide bonds. The van der Waals surface area contributed by atoms with Crippen LogP contribution < -0.4 is 10.6 Å². The van der Waals surface area contributed by atoms with E-state index in [-0.39, 0.29) is 8.76 Å². The van der Waals surface area contributed by atoms with Crippen molar-refractivity contribution in [3.63, 3.8) is 0 Å². The Bertz CT molecular complexity index is 186. The van der Waals surface area contributed by atoms with Crippen molar-refractivity contribution in [2.24, 2.45) is 0 Å². The van der Waals surface area contributed by atoms with E-state index in [0.29, 0.717) is 39.4 Å². The predicted octanol–water partition coefficient (Wildman–Crippen LogP) is 1.04. The van der Waals surface area contributed by atoms with E-state index in [1.54, 1.807) is 0 Å². The summed E-state index contributed by atoms with van der Waals surface area (Å²) in [7, 11) is 0. The van der Waals surface area contributed by atoms with Gasteiger partial charge in [0.2, 0.25) is 5.91 Å². The van der Waals surface area contributed by atoms with Crippen molar-refractivity contribution in [2.45, 2.75) is 26.7 Å². The zero-order valence-electron chi connectivity index (χ0n) is 11.1. The number of ether oxygens (including phenoxy) is 2. The third kappa shape index (κ3) is 13.3. The van der Waals surface area contributed by atoms with Crippen molar-refractivity contribution in [3.8, 4) is 0 Å². The third-order valence-electron chi connectivity index (χ3n) is 2.09. The number of carbonyl (C=O) groups excluding carboxylic acids is 1. The molecule has 0 aliphatic carbocycles. The number of nitrogens with one attached hydrogen (secondary N) is 2. The van der Waals surface area contributed by atoms with Gasteiger partial charge in [0.05, 0.1) is 26.4 Å². The van der Waals surface area contributed by atoms with Gasteiger partial charge >= 0.3 is 0 Å². The summed E-state index contributed by atoms with van der Waals surface area (Å²) in [6.07, 6.45) is 1.47. The first-order valence-electron chi connectivity index (χ1n) is 6.44. The predicted molar refractivity (Wildman–Crippen MR) is 72.3 cm³/mol. The number of hydrogen-bond donors (Lipinski definition) is 2. The molecule has 0 aliphatic heterocycles. The Labute approximate surface area is 107 Å². The monoisotopic (exact) mass is 250 g/mol. The molecule has 0 spiro atoms. The van der Waals surface area contributed by atoms with Gasteiger partial charge in [0.1, 0.15) is 0 Å². The second kappa shape index (κ2) is 13.4. The maximum atomic E-state index is 11.1. The summed E-state index contributed by atoms with van der Waals surface area (Å²) in [5.41, 5.74) is 0. The molecule has 0 aliphatic rings. The van der Waals surface area contributed by atoms with Gasteiger partial charge in [0.25, 0.3) is 0 Å². The van der Waals surface area contributed by atoms with E-state index in [9.17, 15) is 4.79 Å². The van der Waals surface area contributed by atoms with E-state index in [0.717, 1.165) is 19.5 Å². The quantitative estimate of drug-likeness (QED) is 0.508. The Kier molecular flexibility index (Phi) is 12.9. The van der Waals surface area contributed by atoms with Gasteiger partial charge < -0.3 is 20.1 Å². The maximum Gasteiger partial charge on any atom is 0.220 e. The summed E-state index contributed by atoms with van der Waals surface area (Å²) in [5.74, 6) is 0.0954. The summed E-state index contributed by atoms with van der Waals surface area (Å²) >= 11 is 0. The van der Waals surface area contributed by atoms with Crippen molar-refractivity contribution >= 4 is 5.91 Å². The van der Waals surface area contributed by atoms with Crippen LogP contribution in [0.25, 0.3) is 0 Å². The zero-order valence-corrected chi connectivity index (χ0v) is 11.1. The summed E-state index contributed by atoms with van der Waals surface area (Å²) in [6, 6.07) is 0. The van der Waals surface area contributed by atoms with Gasteiger partial charge in [-0.1, -0.05) is 13.8 Å². The summed E-state index contributed by atoms with van der Waals surface area (Å²) in [6.45, 7) is 8.93. The van der Waals surface area contributed by atoms with Crippen molar-refractivity contribution in [1.82, 2.24) is 10.6 Å². The van der Waals surface area contributed by atoms with Gasteiger partial charge in [-0.05, 0) is 13.0 Å². The molecule has 0 aromatic heterocycles. The van der Waals surface area contributed by atoms with Crippen molar-refractivity contribution in [1.29, 1.82) is 0 Å². The molecule has 0 atom stereocenters. The van der Waals surface area contributed by atoms with Crippen LogP contribution in [0.3, 0.4) is 0 Å². The minimum Gasteiger partial charge on any atom is -0.378 e. The molecule has 0 radical (unpaired) electrons. The van der Waals surface area contributed by atoms with E-state index in [1.165, 1.54) is 0 Å². The van der Waals surface area contributed by atoms with Crippen LogP contribution >= 0.6 is 0 Å². The highest BCUT2D eigenvalue weighted by molar-refractivity contribution is 5.75. The first-order valence-corrected chi connectivity index (χ1v) is 6.44. The Morgan fingerprint density at radius 3 is 2.29 bits per heavy atom. The topological polar surface area (TPSA) is 59.6 Å². The second-order valence-electron chi connectivity index (χ2n) is 3.68. The average molecular weight is 250 g/mol. The largest absolute Gasteiger partial charge is 0.378 e. The number of carbonyl (C=O) groups is 1. The lowest BCUT2D eigenvalue weighted by Gasteiger charge is -2.07. The molecule has 5 heteroatoms.